The molecule has 0 atom stereocenters. The highest BCUT2D eigenvalue weighted by molar-refractivity contribution is 5.76. The maximum absolute atomic E-state index is 11.9. The van der Waals surface area contributed by atoms with Gasteiger partial charge in [0.1, 0.15) is 0 Å². The van der Waals surface area contributed by atoms with Gasteiger partial charge in [0.2, 0.25) is 5.91 Å². The van der Waals surface area contributed by atoms with Crippen molar-refractivity contribution in [2.24, 2.45) is 5.73 Å². The number of unbranched alkanes of at least 4 members (excludes halogenated alkanes) is 1. The number of nitrogens with two attached hydrogens (primary N) is 1. The number of piperidine rings is 1. The van der Waals surface area contributed by atoms with Gasteiger partial charge >= 0.3 is 0 Å². The molecule has 1 aliphatic heterocycles. The highest BCUT2D eigenvalue weighted by atomic mass is 16.2. The molecule has 2 N–H and O–H groups in total. The van der Waals surface area contributed by atoms with E-state index >= 15 is 0 Å². The normalized spacial score (nSPS) is 16.4. The molecule has 4 heteroatoms. The fourth-order valence-corrected chi connectivity index (χ4v) is 2.55. The Balaban J connectivity index is 0. The summed E-state index contributed by atoms with van der Waals surface area (Å²) < 4.78 is 0. The number of amides is 1. The van der Waals surface area contributed by atoms with Crippen LogP contribution in [0.5, 0.6) is 0 Å². The third kappa shape index (κ3) is 7.25. The molecule has 0 saturated carbocycles. The highest BCUT2D eigenvalue weighted by Crippen LogP contribution is 2.16. The van der Waals surface area contributed by atoms with E-state index in [-0.39, 0.29) is 7.33 Å². The first-order chi connectivity index (χ1) is 9.69. The maximum Gasteiger partial charge on any atom is 0.222 e. The summed E-state index contributed by atoms with van der Waals surface area (Å²) in [7, 11) is 1.95. The lowest BCUT2D eigenvalue weighted by molar-refractivity contribution is -0.132. The number of rotatable bonds is 7. The van der Waals surface area contributed by atoms with Crippen molar-refractivity contribution in [3.05, 3.63) is 0 Å². The van der Waals surface area contributed by atoms with Crippen molar-refractivity contribution in [3.8, 4) is 0 Å². The second-order valence-corrected chi connectivity index (χ2v) is 5.32. The summed E-state index contributed by atoms with van der Waals surface area (Å²) in [5.74, 6) is 0.257. The van der Waals surface area contributed by atoms with Crippen LogP contribution in [0.4, 0.5) is 0 Å². The summed E-state index contributed by atoms with van der Waals surface area (Å²) in [5, 5.41) is 0. The van der Waals surface area contributed by atoms with Crippen LogP contribution in [0.15, 0.2) is 0 Å². The van der Waals surface area contributed by atoms with Gasteiger partial charge in [-0.05, 0) is 38.8 Å². The van der Waals surface area contributed by atoms with E-state index in [1.807, 2.05) is 25.8 Å². The SMILES string of the molecule is CC.CCCCN1CCC(N(C)C(=O)CCCN)CC1.[HH]. The quantitative estimate of drug-likeness (QED) is 0.783. The molecule has 0 aromatic rings. The Kier molecular flexibility index (Phi) is 11.8. The Hall–Kier alpha value is -0.610. The van der Waals surface area contributed by atoms with Crippen LogP contribution in [0.2, 0.25) is 0 Å². The summed E-state index contributed by atoms with van der Waals surface area (Å²) in [4.78, 5) is 16.4. The average molecular weight is 287 g/mol. The second kappa shape index (κ2) is 12.2. The number of hydrogen-bond donors (Lipinski definition) is 1. The van der Waals surface area contributed by atoms with E-state index < -0.39 is 0 Å². The number of carbonyl (C=O) groups is 1. The van der Waals surface area contributed by atoms with Gasteiger partial charge in [0, 0.05) is 34.0 Å². The van der Waals surface area contributed by atoms with Crippen LogP contribution >= 0.6 is 0 Å². The summed E-state index contributed by atoms with van der Waals surface area (Å²) >= 11 is 0. The highest BCUT2D eigenvalue weighted by Gasteiger charge is 2.24. The first-order valence-corrected chi connectivity index (χ1v) is 8.37. The van der Waals surface area contributed by atoms with E-state index in [1.165, 1.54) is 19.4 Å². The van der Waals surface area contributed by atoms with Crippen molar-refractivity contribution in [1.82, 2.24) is 9.80 Å². The Morgan fingerprint density at radius 3 is 2.40 bits per heavy atom. The molecule has 0 aromatic carbocycles. The lowest BCUT2D eigenvalue weighted by Gasteiger charge is -2.36. The number of nitrogens with zero attached hydrogens (tertiary/aromatic N) is 2. The second-order valence-electron chi connectivity index (χ2n) is 5.32. The smallest absolute Gasteiger partial charge is 0.222 e. The van der Waals surface area contributed by atoms with Crippen LogP contribution in [-0.2, 0) is 4.79 Å². The van der Waals surface area contributed by atoms with E-state index in [0.29, 0.717) is 19.0 Å². The zero-order valence-corrected chi connectivity index (χ0v) is 14.0. The molecule has 4 nitrogen and oxygen atoms in total. The van der Waals surface area contributed by atoms with Crippen LogP contribution in [0, 0.1) is 0 Å². The van der Waals surface area contributed by atoms with Gasteiger partial charge in [-0.25, -0.2) is 0 Å². The van der Waals surface area contributed by atoms with E-state index in [2.05, 4.69) is 11.8 Å². The topological polar surface area (TPSA) is 49.6 Å². The molecular formula is C16H37N3O. The van der Waals surface area contributed by atoms with Crippen molar-refractivity contribution >= 4 is 5.91 Å². The first-order valence-electron chi connectivity index (χ1n) is 8.37. The van der Waals surface area contributed by atoms with Crippen molar-refractivity contribution in [1.29, 1.82) is 0 Å². The molecule has 1 amide bonds. The van der Waals surface area contributed by atoms with Gasteiger partial charge in [-0.15, -0.1) is 0 Å². The van der Waals surface area contributed by atoms with Gasteiger partial charge < -0.3 is 15.5 Å². The van der Waals surface area contributed by atoms with Crippen molar-refractivity contribution in [2.45, 2.75) is 65.3 Å². The third-order valence-electron chi connectivity index (χ3n) is 3.92. The van der Waals surface area contributed by atoms with Crippen molar-refractivity contribution in [3.63, 3.8) is 0 Å². The number of likely N-dealkylation sites (tertiary alicyclic amines) is 1. The van der Waals surface area contributed by atoms with Gasteiger partial charge in [-0.1, -0.05) is 27.2 Å². The molecule has 0 aliphatic carbocycles. The molecule has 122 valence electrons. The lowest BCUT2D eigenvalue weighted by atomic mass is 10.0. The molecular weight excluding hydrogens is 250 g/mol. The molecule has 1 saturated heterocycles. The largest absolute Gasteiger partial charge is 0.343 e. The van der Waals surface area contributed by atoms with E-state index in [0.717, 1.165) is 32.4 Å². The minimum atomic E-state index is 0. The van der Waals surface area contributed by atoms with E-state index in [4.69, 9.17) is 5.73 Å². The fraction of sp³-hybridized carbons (Fsp3) is 0.938. The molecule has 0 spiro atoms. The molecule has 20 heavy (non-hydrogen) atoms. The van der Waals surface area contributed by atoms with Crippen LogP contribution in [0.1, 0.15) is 60.7 Å². The first kappa shape index (κ1) is 19.4. The predicted octanol–water partition coefficient (Wildman–Crippen LogP) is 2.72. The summed E-state index contributed by atoms with van der Waals surface area (Å²) in [5.41, 5.74) is 5.44. The molecule has 1 fully saturated rings. The molecule has 1 rings (SSSR count). The standard InChI is InChI=1S/C14H29N3O.C2H6.H2/c1-3-4-10-17-11-7-13(8-12-17)16(2)14(18)6-5-9-15;1-2;/h13H,3-12,15H2,1-2H3;1-2H3;1H. The zero-order valence-electron chi connectivity index (χ0n) is 14.0. The Labute approximate surface area is 127 Å². The van der Waals surface area contributed by atoms with Crippen LogP contribution in [0.3, 0.4) is 0 Å². The Morgan fingerprint density at radius 2 is 1.90 bits per heavy atom. The van der Waals surface area contributed by atoms with Gasteiger partial charge in [0.05, 0.1) is 0 Å². The Bertz CT molecular complexity index is 244. The third-order valence-corrected chi connectivity index (χ3v) is 3.92. The van der Waals surface area contributed by atoms with Crippen molar-refractivity contribution < 1.29 is 6.22 Å². The minimum Gasteiger partial charge on any atom is -0.343 e. The molecule has 0 unspecified atom stereocenters. The minimum absolute atomic E-state index is 0. The summed E-state index contributed by atoms with van der Waals surface area (Å²) in [6, 6.07) is 0.438. The van der Waals surface area contributed by atoms with Gasteiger partial charge in [0.25, 0.3) is 0 Å². The van der Waals surface area contributed by atoms with Gasteiger partial charge in [-0.3, -0.25) is 4.79 Å². The number of carbonyl (C=O) groups excluding carboxylic acids is 1. The van der Waals surface area contributed by atoms with Crippen LogP contribution in [-0.4, -0.2) is 55.0 Å². The predicted molar refractivity (Wildman–Crippen MR) is 88.9 cm³/mol. The zero-order chi connectivity index (χ0) is 15.4. The molecule has 0 bridgehead atoms. The summed E-state index contributed by atoms with van der Waals surface area (Å²) in [6.45, 7) is 10.3. The van der Waals surface area contributed by atoms with Gasteiger partial charge in [-0.2, -0.15) is 0 Å². The van der Waals surface area contributed by atoms with E-state index in [9.17, 15) is 4.79 Å². The van der Waals surface area contributed by atoms with Gasteiger partial charge in [0.15, 0.2) is 0 Å². The van der Waals surface area contributed by atoms with E-state index in [1.54, 1.807) is 0 Å². The maximum atomic E-state index is 11.9. The monoisotopic (exact) mass is 287 g/mol. The van der Waals surface area contributed by atoms with Crippen LogP contribution in [0.25, 0.3) is 0 Å². The van der Waals surface area contributed by atoms with Crippen molar-refractivity contribution in [2.75, 3.05) is 33.2 Å². The lowest BCUT2D eigenvalue weighted by Crippen LogP contribution is -2.45. The fourth-order valence-electron chi connectivity index (χ4n) is 2.55. The molecule has 0 radical (unpaired) electrons. The Morgan fingerprint density at radius 1 is 1.30 bits per heavy atom. The number of hydrogen-bond acceptors (Lipinski definition) is 3. The van der Waals surface area contributed by atoms with Crippen LogP contribution < -0.4 is 5.73 Å². The molecule has 1 heterocycles. The molecule has 1 aliphatic rings. The average Bonchev–Trinajstić information content (AvgIpc) is 2.52. The summed E-state index contributed by atoms with van der Waals surface area (Å²) in [6.07, 6.45) is 6.19. The molecule has 0 aromatic heterocycles.